The smallest absolute Gasteiger partial charge is 0 e. The monoisotopic (exact) mass is 412 g/mol. The Balaban J connectivity index is -0.0000000287. The molecular formula is C10H16N2O4W. The van der Waals surface area contributed by atoms with Crippen LogP contribution in [-0.4, -0.2) is 51.1 Å². The van der Waals surface area contributed by atoms with E-state index in [0.717, 1.165) is 13.1 Å². The summed E-state index contributed by atoms with van der Waals surface area (Å²) in [7, 11) is 8.35. The molecule has 96 valence electrons. The first kappa shape index (κ1) is 36.0. The second-order valence-electron chi connectivity index (χ2n) is 2.61. The molecule has 0 heterocycles. The molecule has 0 N–H and O–H groups in total. The van der Waals surface area contributed by atoms with Crippen molar-refractivity contribution < 1.29 is 39.7 Å². The van der Waals surface area contributed by atoms with Gasteiger partial charge in [0.15, 0.2) is 0 Å². The molecule has 0 aromatic carbocycles. The van der Waals surface area contributed by atoms with E-state index in [2.05, 4.69) is 64.6 Å². The molecule has 17 heavy (non-hydrogen) atoms. The van der Waals surface area contributed by atoms with Gasteiger partial charge >= 0.3 is 45.2 Å². The SMILES string of the molecule is CN(C)CCN(C)C.[C-]#[O+].[C-]#[O+].[C-]#[O+].[C-]#[O+].[W]. The Morgan fingerprint density at radius 1 is 0.588 bits per heavy atom. The summed E-state index contributed by atoms with van der Waals surface area (Å²) in [6.07, 6.45) is 0. The van der Waals surface area contributed by atoms with E-state index >= 15 is 0 Å². The molecular weight excluding hydrogens is 396 g/mol. The third-order valence-electron chi connectivity index (χ3n) is 0.994. The van der Waals surface area contributed by atoms with Crippen molar-refractivity contribution in [2.45, 2.75) is 0 Å². The van der Waals surface area contributed by atoms with Gasteiger partial charge in [-0.25, -0.2) is 0 Å². The predicted molar refractivity (Wildman–Crippen MR) is 52.8 cm³/mol. The van der Waals surface area contributed by atoms with E-state index in [1.54, 1.807) is 0 Å². The summed E-state index contributed by atoms with van der Waals surface area (Å²) in [4.78, 5) is 4.36. The van der Waals surface area contributed by atoms with Gasteiger partial charge in [0, 0.05) is 34.2 Å². The Morgan fingerprint density at radius 3 is 0.765 bits per heavy atom. The molecule has 0 aliphatic rings. The van der Waals surface area contributed by atoms with Crippen molar-refractivity contribution >= 4 is 0 Å². The summed E-state index contributed by atoms with van der Waals surface area (Å²) < 4.78 is 30.0. The van der Waals surface area contributed by atoms with Crippen LogP contribution in [0.25, 0.3) is 0 Å². The van der Waals surface area contributed by atoms with E-state index in [0.29, 0.717) is 0 Å². The van der Waals surface area contributed by atoms with E-state index < -0.39 is 0 Å². The van der Waals surface area contributed by atoms with Gasteiger partial charge in [0.1, 0.15) is 0 Å². The summed E-state index contributed by atoms with van der Waals surface area (Å²) >= 11 is 0. The van der Waals surface area contributed by atoms with Crippen LogP contribution in [0.3, 0.4) is 0 Å². The molecule has 0 unspecified atom stereocenters. The Bertz CT molecular complexity index is 144. The van der Waals surface area contributed by atoms with E-state index in [-0.39, 0.29) is 21.1 Å². The fourth-order valence-electron chi connectivity index (χ4n) is 0.400. The summed E-state index contributed by atoms with van der Waals surface area (Å²) in [5, 5.41) is 0. The number of hydrogen-bond acceptors (Lipinski definition) is 2. The largest absolute Gasteiger partial charge is 0 e. The molecule has 0 aliphatic heterocycles. The number of nitrogens with zero attached hydrogens (tertiary/aromatic N) is 2. The molecule has 0 atom stereocenters. The van der Waals surface area contributed by atoms with E-state index in [1.807, 2.05) is 0 Å². The predicted octanol–water partition coefficient (Wildman–Crippen LogP) is -0.0429. The zero-order chi connectivity index (χ0) is 14.6. The zero-order valence-corrected chi connectivity index (χ0v) is 13.3. The molecule has 0 saturated heterocycles. The van der Waals surface area contributed by atoms with Crippen LogP contribution >= 0.6 is 0 Å². The van der Waals surface area contributed by atoms with Crippen LogP contribution in [0.15, 0.2) is 0 Å². The average molecular weight is 412 g/mol. The Morgan fingerprint density at radius 2 is 0.706 bits per heavy atom. The Hall–Kier alpha value is -0.432. The van der Waals surface area contributed by atoms with Gasteiger partial charge in [0.25, 0.3) is 0 Å². The van der Waals surface area contributed by atoms with Gasteiger partial charge in [-0.15, -0.1) is 0 Å². The third kappa shape index (κ3) is 137. The topological polar surface area (TPSA) is 86.1 Å². The van der Waals surface area contributed by atoms with Crippen LogP contribution in [0.2, 0.25) is 0 Å². The molecule has 0 spiro atoms. The van der Waals surface area contributed by atoms with Gasteiger partial charge in [0.05, 0.1) is 0 Å². The fraction of sp³-hybridized carbons (Fsp3) is 0.600. The van der Waals surface area contributed by atoms with Crippen molar-refractivity contribution in [3.8, 4) is 0 Å². The normalized spacial score (nSPS) is 5.76. The van der Waals surface area contributed by atoms with Crippen molar-refractivity contribution in [2.75, 3.05) is 41.3 Å². The standard InChI is InChI=1S/C6H16N2.4CO.W/c1-7(2)5-6-8(3)4;4*1-2;/h5-6H2,1-4H3;;;;;. The first-order valence-corrected chi connectivity index (χ1v) is 3.74. The van der Waals surface area contributed by atoms with Crippen LogP contribution in [0, 0.1) is 26.6 Å². The molecule has 0 aliphatic carbocycles. The van der Waals surface area contributed by atoms with Gasteiger partial charge < -0.3 is 9.80 Å². The number of hydrogen-bond donors (Lipinski definition) is 0. The molecule has 0 fully saturated rings. The minimum Gasteiger partial charge on any atom is 0 e. The molecule has 0 aromatic rings. The van der Waals surface area contributed by atoms with Gasteiger partial charge in [-0.1, -0.05) is 0 Å². The molecule has 6 nitrogen and oxygen atoms in total. The van der Waals surface area contributed by atoms with E-state index in [1.165, 1.54) is 0 Å². The van der Waals surface area contributed by atoms with Crippen LogP contribution in [0.5, 0.6) is 0 Å². The van der Waals surface area contributed by atoms with Crippen molar-refractivity contribution in [1.29, 1.82) is 0 Å². The average Bonchev–Trinajstić information content (AvgIpc) is 2.36. The molecule has 0 saturated carbocycles. The second kappa shape index (κ2) is 57.7. The van der Waals surface area contributed by atoms with Gasteiger partial charge in [-0.3, -0.25) is 0 Å². The molecule has 0 radical (unpaired) electrons. The quantitative estimate of drug-likeness (QED) is 0.481. The zero-order valence-electron chi connectivity index (χ0n) is 10.3. The minimum absolute atomic E-state index is 0. The first-order valence-electron chi connectivity index (χ1n) is 3.74. The van der Waals surface area contributed by atoms with Crippen LogP contribution < -0.4 is 0 Å². The van der Waals surface area contributed by atoms with Crippen LogP contribution in [-0.2, 0) is 39.7 Å². The molecule has 0 bridgehead atoms. The molecule has 0 amide bonds. The summed E-state index contributed by atoms with van der Waals surface area (Å²) in [6, 6.07) is 0. The van der Waals surface area contributed by atoms with Crippen molar-refractivity contribution in [2.24, 2.45) is 0 Å². The maximum absolute atomic E-state index is 7.50. The first-order chi connectivity index (χ1) is 7.63. The fourth-order valence-corrected chi connectivity index (χ4v) is 0.400. The van der Waals surface area contributed by atoms with E-state index in [4.69, 9.17) is 18.6 Å². The van der Waals surface area contributed by atoms with Crippen LogP contribution in [0.1, 0.15) is 0 Å². The summed E-state index contributed by atoms with van der Waals surface area (Å²) in [5.74, 6) is 0. The third-order valence-corrected chi connectivity index (χ3v) is 0.994. The van der Waals surface area contributed by atoms with Crippen LogP contribution in [0.4, 0.5) is 0 Å². The minimum atomic E-state index is 0. The summed E-state index contributed by atoms with van der Waals surface area (Å²) in [6.45, 7) is 20.3. The van der Waals surface area contributed by atoms with Crippen molar-refractivity contribution in [3.05, 3.63) is 26.6 Å². The van der Waals surface area contributed by atoms with E-state index in [9.17, 15) is 0 Å². The maximum atomic E-state index is 7.50. The maximum Gasteiger partial charge on any atom is 0 e. The van der Waals surface area contributed by atoms with Crippen molar-refractivity contribution in [1.82, 2.24) is 9.80 Å². The Kier molecular flexibility index (Phi) is 122. The Labute approximate surface area is 117 Å². The number of likely N-dealkylation sites (N-methyl/N-ethyl adjacent to an activating group) is 2. The van der Waals surface area contributed by atoms with Gasteiger partial charge in [-0.05, 0) is 28.2 Å². The van der Waals surface area contributed by atoms with Gasteiger partial charge in [0.2, 0.25) is 0 Å². The van der Waals surface area contributed by atoms with Crippen molar-refractivity contribution in [3.63, 3.8) is 0 Å². The second-order valence-corrected chi connectivity index (χ2v) is 2.61. The van der Waals surface area contributed by atoms with Gasteiger partial charge in [-0.2, -0.15) is 0 Å². The summed E-state index contributed by atoms with van der Waals surface area (Å²) in [5.41, 5.74) is 0. The molecule has 0 aromatic heterocycles. The number of rotatable bonds is 3. The molecule has 0 rings (SSSR count). The molecule has 7 heteroatoms.